The van der Waals surface area contributed by atoms with Crippen molar-refractivity contribution in [2.75, 3.05) is 6.54 Å². The highest BCUT2D eigenvalue weighted by atomic mass is 16.2. The van der Waals surface area contributed by atoms with Gasteiger partial charge in [-0.25, -0.2) is 0 Å². The molecule has 1 aromatic carbocycles. The second-order valence-electron chi connectivity index (χ2n) is 4.09. The second-order valence-corrected chi connectivity index (χ2v) is 4.09. The van der Waals surface area contributed by atoms with Crippen LogP contribution in [0.2, 0.25) is 0 Å². The molecule has 0 fully saturated rings. The van der Waals surface area contributed by atoms with Crippen LogP contribution < -0.4 is 5.73 Å². The van der Waals surface area contributed by atoms with E-state index in [1.54, 1.807) is 11.0 Å². The Hall–Kier alpha value is -1.86. The molecule has 0 unspecified atom stereocenters. The zero-order valence-corrected chi connectivity index (χ0v) is 10.2. The van der Waals surface area contributed by atoms with Gasteiger partial charge in [-0.1, -0.05) is 18.2 Å². The molecule has 0 aliphatic carbocycles. The number of nitrogens with two attached hydrogens (primary N) is 1. The van der Waals surface area contributed by atoms with Crippen molar-refractivity contribution in [1.82, 2.24) is 4.90 Å². The maximum Gasteiger partial charge on any atom is 0.236 e. The third-order valence-corrected chi connectivity index (χ3v) is 2.60. The molecule has 1 aromatic rings. The molecule has 0 aromatic heterocycles. The largest absolute Gasteiger partial charge is 0.335 e. The average molecular weight is 231 g/mol. The zero-order valence-electron chi connectivity index (χ0n) is 10.2. The summed E-state index contributed by atoms with van der Waals surface area (Å²) in [6.45, 7) is 4.29. The monoisotopic (exact) mass is 231 g/mol. The minimum atomic E-state index is -0.104. The van der Waals surface area contributed by atoms with E-state index in [9.17, 15) is 4.79 Å². The zero-order chi connectivity index (χ0) is 12.8. The average Bonchev–Trinajstić information content (AvgIpc) is 2.35. The van der Waals surface area contributed by atoms with Crippen LogP contribution in [0.1, 0.15) is 25.0 Å². The van der Waals surface area contributed by atoms with Gasteiger partial charge in [0.25, 0.3) is 0 Å². The Labute approximate surface area is 102 Å². The van der Waals surface area contributed by atoms with Gasteiger partial charge in [0, 0.05) is 12.6 Å². The van der Waals surface area contributed by atoms with Gasteiger partial charge < -0.3 is 10.6 Å². The van der Waals surface area contributed by atoms with Crippen LogP contribution in [0.3, 0.4) is 0 Å². The molecule has 0 atom stereocenters. The van der Waals surface area contributed by atoms with Crippen LogP contribution in [0.5, 0.6) is 0 Å². The van der Waals surface area contributed by atoms with Crippen LogP contribution in [0.4, 0.5) is 0 Å². The summed E-state index contributed by atoms with van der Waals surface area (Å²) in [6, 6.07) is 9.48. The van der Waals surface area contributed by atoms with Crippen LogP contribution in [0.25, 0.3) is 0 Å². The second kappa shape index (κ2) is 6.02. The molecule has 0 spiro atoms. The smallest absolute Gasteiger partial charge is 0.236 e. The molecule has 0 heterocycles. The van der Waals surface area contributed by atoms with E-state index >= 15 is 0 Å². The number of hydrogen-bond acceptors (Lipinski definition) is 3. The van der Waals surface area contributed by atoms with E-state index in [-0.39, 0.29) is 18.5 Å². The number of nitrogens with zero attached hydrogens (tertiary/aromatic N) is 2. The van der Waals surface area contributed by atoms with E-state index in [1.807, 2.05) is 32.0 Å². The molecule has 0 saturated carbocycles. The summed E-state index contributed by atoms with van der Waals surface area (Å²) in [5, 5.41) is 8.99. The number of amides is 1. The van der Waals surface area contributed by atoms with Gasteiger partial charge in [-0.2, -0.15) is 5.26 Å². The summed E-state index contributed by atoms with van der Waals surface area (Å²) in [4.78, 5) is 13.4. The highest BCUT2D eigenvalue weighted by molar-refractivity contribution is 5.78. The predicted octanol–water partition coefficient (Wildman–Crippen LogP) is 1.25. The van der Waals surface area contributed by atoms with E-state index in [0.717, 1.165) is 5.56 Å². The normalized spacial score (nSPS) is 10.1. The lowest BCUT2D eigenvalue weighted by molar-refractivity contribution is -0.132. The first-order chi connectivity index (χ1) is 8.10. The lowest BCUT2D eigenvalue weighted by Crippen LogP contribution is -2.40. The van der Waals surface area contributed by atoms with E-state index in [0.29, 0.717) is 12.1 Å². The van der Waals surface area contributed by atoms with Crippen molar-refractivity contribution in [2.24, 2.45) is 5.73 Å². The summed E-state index contributed by atoms with van der Waals surface area (Å²) < 4.78 is 0. The Balaban J connectivity index is 2.94. The van der Waals surface area contributed by atoms with Gasteiger partial charge in [0.2, 0.25) is 5.91 Å². The first kappa shape index (κ1) is 13.2. The maximum absolute atomic E-state index is 11.7. The molecule has 1 amide bonds. The molecular formula is C13H17N3O. The first-order valence-electron chi connectivity index (χ1n) is 5.57. The quantitative estimate of drug-likeness (QED) is 0.847. The fraction of sp³-hybridized carbons (Fsp3) is 0.385. The van der Waals surface area contributed by atoms with Crippen LogP contribution in [-0.4, -0.2) is 23.4 Å². The van der Waals surface area contributed by atoms with Crippen LogP contribution in [0, 0.1) is 11.3 Å². The summed E-state index contributed by atoms with van der Waals surface area (Å²) >= 11 is 0. The lowest BCUT2D eigenvalue weighted by atomic mass is 10.1. The van der Waals surface area contributed by atoms with Crippen LogP contribution in [0.15, 0.2) is 24.3 Å². The Morgan fingerprint density at radius 1 is 1.47 bits per heavy atom. The Morgan fingerprint density at radius 3 is 2.65 bits per heavy atom. The van der Waals surface area contributed by atoms with Gasteiger partial charge in [0.15, 0.2) is 0 Å². The van der Waals surface area contributed by atoms with E-state index < -0.39 is 0 Å². The molecule has 4 heteroatoms. The molecular weight excluding hydrogens is 214 g/mol. The van der Waals surface area contributed by atoms with Gasteiger partial charge in [0.1, 0.15) is 0 Å². The highest BCUT2D eigenvalue weighted by Gasteiger charge is 2.16. The number of rotatable bonds is 4. The molecule has 1 rings (SSSR count). The molecule has 0 aliphatic heterocycles. The van der Waals surface area contributed by atoms with Crippen molar-refractivity contribution in [3.05, 3.63) is 35.4 Å². The van der Waals surface area contributed by atoms with E-state index in [1.165, 1.54) is 0 Å². The third-order valence-electron chi connectivity index (χ3n) is 2.60. The number of nitriles is 1. The summed E-state index contributed by atoms with van der Waals surface area (Å²) in [5.74, 6) is -0.104. The molecule has 90 valence electrons. The van der Waals surface area contributed by atoms with Gasteiger partial charge >= 0.3 is 0 Å². The minimum Gasteiger partial charge on any atom is -0.335 e. The summed E-state index contributed by atoms with van der Waals surface area (Å²) in [7, 11) is 0. The third kappa shape index (κ3) is 3.30. The van der Waals surface area contributed by atoms with E-state index in [2.05, 4.69) is 6.07 Å². The number of hydrogen-bond donors (Lipinski definition) is 1. The summed E-state index contributed by atoms with van der Waals surface area (Å²) in [6.07, 6.45) is 0. The number of benzene rings is 1. The highest BCUT2D eigenvalue weighted by Crippen LogP contribution is 2.12. The maximum atomic E-state index is 11.7. The number of carbonyl (C=O) groups excluding carboxylic acids is 1. The molecule has 0 radical (unpaired) electrons. The first-order valence-corrected chi connectivity index (χ1v) is 5.57. The van der Waals surface area contributed by atoms with E-state index in [4.69, 9.17) is 11.0 Å². The number of carbonyl (C=O) groups is 1. The fourth-order valence-electron chi connectivity index (χ4n) is 1.63. The molecule has 0 aliphatic rings. The topological polar surface area (TPSA) is 70.1 Å². The molecule has 0 saturated heterocycles. The summed E-state index contributed by atoms with van der Waals surface area (Å²) in [5.41, 5.74) is 6.83. The minimum absolute atomic E-state index is 0.00704. The van der Waals surface area contributed by atoms with Crippen LogP contribution >= 0.6 is 0 Å². The van der Waals surface area contributed by atoms with Crippen molar-refractivity contribution in [1.29, 1.82) is 5.26 Å². The predicted molar refractivity (Wildman–Crippen MR) is 65.9 cm³/mol. The molecule has 0 bridgehead atoms. The van der Waals surface area contributed by atoms with Crippen molar-refractivity contribution in [3.63, 3.8) is 0 Å². The van der Waals surface area contributed by atoms with Crippen molar-refractivity contribution in [2.45, 2.75) is 26.4 Å². The lowest BCUT2D eigenvalue weighted by Gasteiger charge is -2.26. The Kier molecular flexibility index (Phi) is 4.68. The molecule has 4 nitrogen and oxygen atoms in total. The van der Waals surface area contributed by atoms with Crippen LogP contribution in [-0.2, 0) is 11.3 Å². The fourth-order valence-corrected chi connectivity index (χ4v) is 1.63. The molecule has 17 heavy (non-hydrogen) atoms. The standard InChI is InChI=1S/C13H17N3O/c1-10(2)16(13(17)8-15)9-12-6-4-3-5-11(12)7-14/h3-6,10H,8-9,15H2,1-2H3. The van der Waals surface area contributed by atoms with Gasteiger partial charge in [-0.05, 0) is 25.5 Å². The van der Waals surface area contributed by atoms with Gasteiger partial charge in [0.05, 0.1) is 18.2 Å². The van der Waals surface area contributed by atoms with Gasteiger partial charge in [-0.15, -0.1) is 0 Å². The Morgan fingerprint density at radius 2 is 2.12 bits per heavy atom. The van der Waals surface area contributed by atoms with Gasteiger partial charge in [-0.3, -0.25) is 4.79 Å². The van der Waals surface area contributed by atoms with Crippen molar-refractivity contribution >= 4 is 5.91 Å². The molecule has 2 N–H and O–H groups in total. The van der Waals surface area contributed by atoms with Crippen molar-refractivity contribution < 1.29 is 4.79 Å². The SMILES string of the molecule is CC(C)N(Cc1ccccc1C#N)C(=O)CN. The Bertz CT molecular complexity index is 435. The van der Waals surface area contributed by atoms with Crippen molar-refractivity contribution in [3.8, 4) is 6.07 Å².